The highest BCUT2D eigenvalue weighted by Gasteiger charge is 2.54. The molecule has 150 heavy (non-hydrogen) atoms. The highest BCUT2D eigenvalue weighted by molar-refractivity contribution is 5.79. The first kappa shape index (κ1) is 144. The molecule has 3 amide bonds. The number of rotatable bonds is 39. The lowest BCUT2D eigenvalue weighted by molar-refractivity contribution is -0.311. The number of carbonyl (C=O) groups excluding carboxylic acids is 3. The van der Waals surface area contributed by atoms with Crippen LogP contribution in [0.5, 0.6) is 0 Å². The fourth-order valence-corrected chi connectivity index (χ4v) is 14.0. The Hall–Kier alpha value is -3.87. The topological polar surface area (TPSA) is 1080 Å². The van der Waals surface area contributed by atoms with Gasteiger partial charge in [-0.3, -0.25) is 14.4 Å². The lowest BCUT2D eigenvalue weighted by atomic mass is 9.99. The summed E-state index contributed by atoms with van der Waals surface area (Å²) < 4.78 is 92.7. The van der Waals surface area contributed by atoms with Gasteiger partial charge >= 0.3 is 0 Å². The first-order chi connectivity index (χ1) is 70.3. The Bertz CT molecular complexity index is 3010. The van der Waals surface area contributed by atoms with E-state index in [1.807, 2.05) is 20.8 Å². The first-order valence-electron chi connectivity index (χ1n) is 48.7. The van der Waals surface area contributed by atoms with E-state index in [1.54, 1.807) is 62.3 Å². The van der Waals surface area contributed by atoms with Crippen LogP contribution in [0, 0.1) is 0 Å². The van der Waals surface area contributed by atoms with Crippen LogP contribution in [-0.4, -0.2) is 627 Å². The second-order valence-electron chi connectivity index (χ2n) is 36.0. The minimum atomic E-state index is -1.54. The minimum Gasteiger partial charge on any atom is -0.394 e. The van der Waals surface area contributed by atoms with Crippen LogP contribution in [-0.2, 0) is 99.6 Å². The van der Waals surface area contributed by atoms with Gasteiger partial charge in [0.05, 0.1) is 116 Å². The van der Waals surface area contributed by atoms with Gasteiger partial charge < -0.3 is 302 Å². The van der Waals surface area contributed by atoms with Gasteiger partial charge in [-0.1, -0.05) is 41.5 Å². The standard InChI is InChI=1S/3C10H19NO7.3C10H20O6.3C9H18O7/c3*1-2-4(9(11)16)17-10-8(15)7(14)6(13)5(3-12)18-10;3*1-3-5(2)15-10-9(14)8(13)7(12)6(4-11)16-10;3*1-4(2-10)15-9-8(14)7(13)6(12)5(3-11)16-9/h3*4-8,10,12-15H,2-3H2,1H3,(H2,11,16);3*5-14H,3-4H2,1-2H3;3*4-14H,2-3H2,1H3/t4?,5?,6-,7?,8+,10-;4?,5?,6-,7?,8-,10+;4?,5?,6-,7?,8-,10-;5?,6?,7-,8?,9+,10-;5?,6?,7-,8?,9-,10+;5?,6?,7-,8?,9-,10-;4?,5?,6-,7?,8+,9-;4?,5?,6-,7?,8-,9+;4?,5?,6-,7?,8-,9-/m101101101/s1. The number of hydrogen-bond acceptors (Lipinski definition) is 60. The van der Waals surface area contributed by atoms with Crippen molar-refractivity contribution in [2.75, 3.05) is 79.3 Å². The maximum atomic E-state index is 11.0. The monoisotopic (exact) mass is 2220 g/mol. The van der Waals surface area contributed by atoms with Gasteiger partial charge in [-0.05, 0) is 80.1 Å². The summed E-state index contributed by atoms with van der Waals surface area (Å²) in [6.45, 7) is 15.5. The van der Waals surface area contributed by atoms with Gasteiger partial charge in [-0.15, -0.1) is 0 Å². The molecule has 54 atom stereocenters. The number of amides is 3. The molecule has 63 nitrogen and oxygen atoms in total. The van der Waals surface area contributed by atoms with Crippen LogP contribution < -0.4 is 17.2 Å². The molecule has 0 saturated carbocycles. The molecule has 0 aromatic rings. The van der Waals surface area contributed by atoms with Crippen molar-refractivity contribution in [3.05, 3.63) is 0 Å². The molecule has 0 spiro atoms. The third kappa shape index (κ3) is 43.6. The van der Waals surface area contributed by atoms with E-state index in [9.17, 15) is 152 Å². The van der Waals surface area contributed by atoms with E-state index < -0.39 is 390 Å². The van der Waals surface area contributed by atoms with Gasteiger partial charge in [0.25, 0.3) is 0 Å². The van der Waals surface area contributed by atoms with Crippen molar-refractivity contribution >= 4 is 17.7 Å². The van der Waals surface area contributed by atoms with E-state index in [1.165, 1.54) is 0 Å². The van der Waals surface area contributed by atoms with Crippen LogP contribution in [0.1, 0.15) is 122 Å². The Balaban J connectivity index is 0.000000844. The highest BCUT2D eigenvalue weighted by Crippen LogP contribution is 2.33. The van der Waals surface area contributed by atoms with Crippen molar-refractivity contribution in [3.63, 3.8) is 0 Å². The van der Waals surface area contributed by atoms with Crippen molar-refractivity contribution in [2.45, 2.75) is 453 Å². The number of carbonyl (C=O) groups is 3. The summed E-state index contributed by atoms with van der Waals surface area (Å²) in [7, 11) is 0. The molecule has 0 aromatic heterocycles. The van der Waals surface area contributed by atoms with E-state index in [2.05, 4.69) is 0 Å². The SMILES string of the molecule is CC(CO)O[C@@H]1OC(CO)[C@@H](O)C(O)[C@@H]1O.CC(CO)O[C@@H]1OC(CO)[C@@H](O)C(O)[C@H]1O.CC(CO)O[C@@H]1OC(CO)[C@H](O)C(O)[C@@H]1O.CCC(C)O[C@@H]1OC(CO)[C@@H](O)C(O)[C@@H]1O.CCC(C)O[C@@H]1OC(CO)[C@@H](O)C(O)[C@H]1O.CCC(C)O[C@@H]1OC(CO)[C@H](O)C(O)[C@@H]1O.CCC(O[C@@H]1OC(CO)[C@@H](O)C(O)[C@@H]1O)C(N)=O.CCC(O[C@@H]1OC(CO)[C@@H](O)C(O)[C@H]1O)C(N)=O.CCC(O[C@@H]1OC(CO)[C@H](O)C(O)[C@@H]1O)C(N)=O. The van der Waals surface area contributed by atoms with Crippen molar-refractivity contribution < 1.29 is 299 Å². The van der Waals surface area contributed by atoms with Crippen molar-refractivity contribution in [3.8, 4) is 0 Å². The fraction of sp³-hybridized carbons (Fsp3) is 0.966. The molecule has 9 aliphatic rings. The van der Waals surface area contributed by atoms with Crippen LogP contribution in [0.15, 0.2) is 0 Å². The Labute approximate surface area is 863 Å². The number of ether oxygens (including phenoxy) is 18. The number of hydrogen-bond donors (Lipinski definition) is 42. The predicted molar refractivity (Wildman–Crippen MR) is 492 cm³/mol. The van der Waals surface area contributed by atoms with Crippen LogP contribution in [0.3, 0.4) is 0 Å². The first-order valence-corrected chi connectivity index (χ1v) is 48.7. The molecule has 0 aromatic carbocycles. The van der Waals surface area contributed by atoms with Crippen molar-refractivity contribution in [1.29, 1.82) is 0 Å². The van der Waals surface area contributed by atoms with E-state index in [0.717, 1.165) is 19.3 Å². The number of aliphatic hydroxyl groups is 39. The summed E-state index contributed by atoms with van der Waals surface area (Å²) in [5.41, 5.74) is 15.2. The van der Waals surface area contributed by atoms with Crippen molar-refractivity contribution in [1.82, 2.24) is 0 Å². The third-order valence-electron chi connectivity index (χ3n) is 24.3. The maximum Gasteiger partial charge on any atom is 0.246 e. The summed E-state index contributed by atoms with van der Waals surface area (Å²) in [6.07, 6.45) is -60.1. The van der Waals surface area contributed by atoms with Gasteiger partial charge in [0.15, 0.2) is 56.6 Å². The molecule has 0 radical (unpaired) electrons. The second-order valence-corrected chi connectivity index (χ2v) is 36.0. The zero-order valence-electron chi connectivity index (χ0n) is 85.2. The van der Waals surface area contributed by atoms with E-state index in [0.29, 0.717) is 0 Å². The largest absolute Gasteiger partial charge is 0.394 e. The lowest BCUT2D eigenvalue weighted by Crippen LogP contribution is -2.60. The van der Waals surface area contributed by atoms with Gasteiger partial charge in [0.2, 0.25) is 17.7 Å². The molecule has 894 valence electrons. The van der Waals surface area contributed by atoms with E-state index >= 15 is 0 Å². The average Bonchev–Trinajstić information content (AvgIpc) is 0.785. The number of aliphatic hydroxyl groups excluding tert-OH is 39. The van der Waals surface area contributed by atoms with Crippen molar-refractivity contribution in [2.24, 2.45) is 17.2 Å². The lowest BCUT2D eigenvalue weighted by Gasteiger charge is -2.40. The van der Waals surface area contributed by atoms with Gasteiger partial charge in [0, 0.05) is 0 Å². The quantitative estimate of drug-likeness (QED) is 0.0272. The zero-order chi connectivity index (χ0) is 115. The maximum absolute atomic E-state index is 11.0. The Kier molecular flexibility index (Phi) is 70.2. The average molecular weight is 2220 g/mol. The number of primary amides is 3. The van der Waals surface area contributed by atoms with Gasteiger partial charge in [0.1, 0.15) is 238 Å². The Morgan fingerprint density at radius 2 is 0.287 bits per heavy atom. The molecule has 9 saturated heterocycles. The zero-order valence-corrected chi connectivity index (χ0v) is 85.2. The normalized spacial score (nSPS) is 40.7. The predicted octanol–water partition coefficient (Wildman–Crippen LogP) is -21.4. The third-order valence-corrected chi connectivity index (χ3v) is 24.3. The fourth-order valence-electron chi connectivity index (χ4n) is 14.0. The van der Waals surface area contributed by atoms with Crippen LogP contribution in [0.2, 0.25) is 0 Å². The molecule has 0 bridgehead atoms. The highest BCUT2D eigenvalue weighted by atomic mass is 16.8. The van der Waals surface area contributed by atoms with Gasteiger partial charge in [-0.25, -0.2) is 0 Å². The van der Waals surface area contributed by atoms with Gasteiger partial charge in [-0.2, -0.15) is 0 Å². The van der Waals surface area contributed by atoms with Crippen LogP contribution >= 0.6 is 0 Å². The summed E-state index contributed by atoms with van der Waals surface area (Å²) in [6, 6.07) is 0. The summed E-state index contributed by atoms with van der Waals surface area (Å²) in [5.74, 6) is -2.18. The molecule has 45 N–H and O–H groups in total. The molecule has 27 unspecified atom stereocenters. The summed E-state index contributed by atoms with van der Waals surface area (Å²) in [5, 5.41) is 364. The minimum absolute atomic E-state index is 0.138. The summed E-state index contributed by atoms with van der Waals surface area (Å²) in [4.78, 5) is 33.0. The Morgan fingerprint density at radius 1 is 0.180 bits per heavy atom. The molecular formula is C87H171N3O60. The molecule has 9 fully saturated rings. The summed E-state index contributed by atoms with van der Waals surface area (Å²) >= 11 is 0. The number of nitrogens with two attached hydrogens (primary N) is 3. The van der Waals surface area contributed by atoms with E-state index in [-0.39, 0.29) is 57.4 Å². The van der Waals surface area contributed by atoms with Crippen LogP contribution in [0.25, 0.3) is 0 Å². The van der Waals surface area contributed by atoms with E-state index in [4.69, 9.17) is 164 Å². The molecule has 9 rings (SSSR count). The molecular weight excluding hydrogens is 2050 g/mol. The second kappa shape index (κ2) is 73.1. The molecule has 9 heterocycles. The van der Waals surface area contributed by atoms with Crippen LogP contribution in [0.4, 0.5) is 0 Å². The molecule has 63 heteroatoms. The molecule has 9 aliphatic heterocycles. The Morgan fingerprint density at radius 3 is 0.373 bits per heavy atom. The molecule has 0 aliphatic carbocycles. The smallest absolute Gasteiger partial charge is 0.246 e.